The van der Waals surface area contributed by atoms with E-state index in [0.29, 0.717) is 0 Å². The third kappa shape index (κ3) is 3.25. The van der Waals surface area contributed by atoms with Crippen LogP contribution in [0.15, 0.2) is 0 Å². The molecule has 0 aromatic carbocycles. The fourth-order valence-electron chi connectivity index (χ4n) is 2.54. The van der Waals surface area contributed by atoms with Crippen molar-refractivity contribution >= 4 is 5.91 Å². The van der Waals surface area contributed by atoms with E-state index in [2.05, 4.69) is 32.2 Å². The minimum absolute atomic E-state index is 0.0434. The van der Waals surface area contributed by atoms with Crippen LogP contribution in [0.25, 0.3) is 0 Å². The molecule has 1 aliphatic rings. The lowest BCUT2D eigenvalue weighted by molar-refractivity contribution is -0.130. The first-order chi connectivity index (χ1) is 8.52. The van der Waals surface area contributed by atoms with Crippen molar-refractivity contribution in [3.63, 3.8) is 0 Å². The van der Waals surface area contributed by atoms with Gasteiger partial charge in [-0.1, -0.05) is 39.5 Å². The molecule has 0 aliphatic heterocycles. The van der Waals surface area contributed by atoms with E-state index in [0.717, 1.165) is 51.4 Å². The zero-order valence-electron chi connectivity index (χ0n) is 12.0. The molecule has 1 saturated carbocycles. The highest BCUT2D eigenvalue weighted by Gasteiger charge is 2.41. The van der Waals surface area contributed by atoms with Gasteiger partial charge in [0, 0.05) is 5.54 Å². The summed E-state index contributed by atoms with van der Waals surface area (Å²) in [7, 11) is 0. The Morgan fingerprint density at radius 2 is 1.72 bits per heavy atom. The van der Waals surface area contributed by atoms with E-state index < -0.39 is 5.41 Å². The second-order valence-corrected chi connectivity index (χ2v) is 5.83. The third-order valence-corrected chi connectivity index (χ3v) is 4.58. The van der Waals surface area contributed by atoms with Gasteiger partial charge in [-0.3, -0.25) is 4.79 Å². The molecule has 18 heavy (non-hydrogen) atoms. The average molecular weight is 250 g/mol. The Kier molecular flexibility index (Phi) is 5.19. The quantitative estimate of drug-likeness (QED) is 0.776. The Balaban J connectivity index is 2.82. The number of nitrogens with one attached hydrogen (secondary N) is 1. The Morgan fingerprint density at radius 1 is 1.22 bits per heavy atom. The Hall–Kier alpha value is -1.04. The van der Waals surface area contributed by atoms with Gasteiger partial charge in [-0.15, -0.1) is 0 Å². The molecule has 102 valence electrons. The molecule has 0 heterocycles. The molecule has 1 amide bonds. The van der Waals surface area contributed by atoms with Crippen LogP contribution in [-0.2, 0) is 4.79 Å². The van der Waals surface area contributed by atoms with Crippen LogP contribution in [0.5, 0.6) is 0 Å². The second-order valence-electron chi connectivity index (χ2n) is 5.83. The maximum Gasteiger partial charge on any atom is 0.240 e. The van der Waals surface area contributed by atoms with E-state index in [1.807, 2.05) is 0 Å². The lowest BCUT2D eigenvalue weighted by Crippen LogP contribution is -2.51. The molecular weight excluding hydrogens is 224 g/mol. The highest BCUT2D eigenvalue weighted by atomic mass is 16.2. The number of hydrogen-bond acceptors (Lipinski definition) is 2. The summed E-state index contributed by atoms with van der Waals surface area (Å²) in [5.41, 5.74) is -0.949. The summed E-state index contributed by atoms with van der Waals surface area (Å²) in [6, 6.07) is 2.32. The normalized spacial score (nSPS) is 19.7. The molecule has 0 atom stereocenters. The second kappa shape index (κ2) is 6.22. The van der Waals surface area contributed by atoms with Gasteiger partial charge in [-0.05, 0) is 32.6 Å². The van der Waals surface area contributed by atoms with E-state index >= 15 is 0 Å². The van der Waals surface area contributed by atoms with Crippen molar-refractivity contribution in [1.29, 1.82) is 5.26 Å². The van der Waals surface area contributed by atoms with E-state index in [-0.39, 0.29) is 11.4 Å². The summed E-state index contributed by atoms with van der Waals surface area (Å²) in [5, 5.41) is 12.6. The molecule has 1 rings (SSSR count). The first kappa shape index (κ1) is 15.0. The fraction of sp³-hybridized carbons (Fsp3) is 0.867. The number of nitrogens with zero attached hydrogens (tertiary/aromatic N) is 1. The summed E-state index contributed by atoms with van der Waals surface area (Å²) in [6.07, 6.45) is 7.53. The maximum absolute atomic E-state index is 12.5. The minimum Gasteiger partial charge on any atom is -0.350 e. The van der Waals surface area contributed by atoms with Gasteiger partial charge in [-0.25, -0.2) is 0 Å². The van der Waals surface area contributed by atoms with Gasteiger partial charge in [0.2, 0.25) is 5.91 Å². The average Bonchev–Trinajstić information content (AvgIpc) is 2.64. The smallest absolute Gasteiger partial charge is 0.240 e. The van der Waals surface area contributed by atoms with Crippen molar-refractivity contribution in [2.24, 2.45) is 5.41 Å². The number of amides is 1. The van der Waals surface area contributed by atoms with Crippen LogP contribution >= 0.6 is 0 Å². The molecule has 1 aliphatic carbocycles. The molecule has 0 saturated heterocycles. The maximum atomic E-state index is 12.5. The van der Waals surface area contributed by atoms with Crippen molar-refractivity contribution < 1.29 is 4.79 Å². The number of hydrogen-bond donors (Lipinski definition) is 1. The number of carbonyl (C=O) groups is 1. The molecular formula is C15H26N2O. The van der Waals surface area contributed by atoms with Crippen LogP contribution in [0.1, 0.15) is 72.1 Å². The van der Waals surface area contributed by atoms with Crippen LogP contribution in [-0.4, -0.2) is 11.4 Å². The summed E-state index contributed by atoms with van der Waals surface area (Å²) in [4.78, 5) is 12.5. The molecule has 0 aromatic rings. The molecule has 0 bridgehead atoms. The largest absolute Gasteiger partial charge is 0.350 e. The third-order valence-electron chi connectivity index (χ3n) is 4.58. The number of rotatable bonds is 4. The Morgan fingerprint density at radius 3 is 2.11 bits per heavy atom. The van der Waals surface area contributed by atoms with Crippen LogP contribution in [0, 0.1) is 16.7 Å². The van der Waals surface area contributed by atoms with Crippen LogP contribution < -0.4 is 5.32 Å². The van der Waals surface area contributed by atoms with Gasteiger partial charge in [0.05, 0.1) is 6.07 Å². The van der Waals surface area contributed by atoms with Crippen molar-refractivity contribution in [3.05, 3.63) is 0 Å². The van der Waals surface area contributed by atoms with Crippen molar-refractivity contribution in [3.8, 4) is 6.07 Å². The standard InChI is InChI=1S/C15H26N2O/c1-4-14(3,5-2)17-13(18)15(12-16)10-8-6-7-9-11-15/h4-11H2,1-3H3,(H,17,18). The van der Waals surface area contributed by atoms with Crippen molar-refractivity contribution in [1.82, 2.24) is 5.32 Å². The Labute approximate surface area is 111 Å². The molecule has 0 unspecified atom stereocenters. The van der Waals surface area contributed by atoms with Crippen molar-refractivity contribution in [2.45, 2.75) is 77.7 Å². The van der Waals surface area contributed by atoms with Gasteiger partial charge in [0.15, 0.2) is 0 Å². The molecule has 0 aromatic heterocycles. The zero-order chi connectivity index (χ0) is 13.6. The number of nitriles is 1. The highest BCUT2D eigenvalue weighted by molar-refractivity contribution is 5.86. The van der Waals surface area contributed by atoms with E-state index in [1.165, 1.54) is 0 Å². The first-order valence-electron chi connectivity index (χ1n) is 7.26. The Bertz CT molecular complexity index is 318. The lowest BCUT2D eigenvalue weighted by Gasteiger charge is -2.33. The van der Waals surface area contributed by atoms with Crippen LogP contribution in [0.2, 0.25) is 0 Å². The van der Waals surface area contributed by atoms with Gasteiger partial charge in [0.25, 0.3) is 0 Å². The lowest BCUT2D eigenvalue weighted by atomic mass is 9.79. The van der Waals surface area contributed by atoms with Crippen LogP contribution in [0.3, 0.4) is 0 Å². The predicted octanol–water partition coefficient (Wildman–Crippen LogP) is 3.55. The van der Waals surface area contributed by atoms with E-state index in [4.69, 9.17) is 0 Å². The topological polar surface area (TPSA) is 52.9 Å². The molecule has 3 heteroatoms. The van der Waals surface area contributed by atoms with E-state index in [9.17, 15) is 10.1 Å². The summed E-state index contributed by atoms with van der Waals surface area (Å²) < 4.78 is 0. The highest BCUT2D eigenvalue weighted by Crippen LogP contribution is 2.35. The SMILES string of the molecule is CCC(C)(CC)NC(=O)C1(C#N)CCCCCC1. The molecule has 0 radical (unpaired) electrons. The monoisotopic (exact) mass is 250 g/mol. The van der Waals surface area contributed by atoms with E-state index in [1.54, 1.807) is 0 Å². The fourth-order valence-corrected chi connectivity index (χ4v) is 2.54. The molecule has 0 spiro atoms. The van der Waals surface area contributed by atoms with Gasteiger partial charge in [-0.2, -0.15) is 5.26 Å². The molecule has 3 nitrogen and oxygen atoms in total. The summed E-state index contributed by atoms with van der Waals surface area (Å²) in [6.45, 7) is 6.22. The predicted molar refractivity (Wildman–Crippen MR) is 72.9 cm³/mol. The first-order valence-corrected chi connectivity index (χ1v) is 7.26. The van der Waals surface area contributed by atoms with Gasteiger partial charge in [0.1, 0.15) is 5.41 Å². The zero-order valence-corrected chi connectivity index (χ0v) is 12.0. The van der Waals surface area contributed by atoms with Crippen LogP contribution in [0.4, 0.5) is 0 Å². The van der Waals surface area contributed by atoms with Gasteiger partial charge >= 0.3 is 0 Å². The molecule has 1 N–H and O–H groups in total. The van der Waals surface area contributed by atoms with Crippen molar-refractivity contribution in [2.75, 3.05) is 0 Å². The summed E-state index contributed by atoms with van der Waals surface area (Å²) >= 11 is 0. The van der Waals surface area contributed by atoms with Gasteiger partial charge < -0.3 is 5.32 Å². The number of carbonyl (C=O) groups excluding carboxylic acids is 1. The molecule has 1 fully saturated rings. The summed E-state index contributed by atoms with van der Waals surface area (Å²) in [5.74, 6) is -0.0434. The minimum atomic E-state index is -0.776.